The Morgan fingerprint density at radius 3 is 2.65 bits per heavy atom. The predicted molar refractivity (Wildman–Crippen MR) is 84.7 cm³/mol. The molecular formula is C16H24BrNO2. The van der Waals surface area contributed by atoms with Gasteiger partial charge in [-0.1, -0.05) is 19.4 Å². The standard InChI is InChI=1S/C16H24BrNO2/c1-2-12-5-7-16(20,8-6-12)11-18-10-13-3-4-15(19)14(17)9-13/h3-4,9,12,18-20H,2,5-8,10-11H2,1H3. The number of aliphatic hydroxyl groups is 1. The molecule has 4 heteroatoms. The molecule has 0 aromatic heterocycles. The maximum absolute atomic E-state index is 10.5. The van der Waals surface area contributed by atoms with Crippen molar-refractivity contribution in [3.05, 3.63) is 28.2 Å². The molecule has 0 radical (unpaired) electrons. The van der Waals surface area contributed by atoms with Crippen LogP contribution in [0.5, 0.6) is 5.75 Å². The lowest BCUT2D eigenvalue weighted by atomic mass is 9.78. The van der Waals surface area contributed by atoms with Crippen LogP contribution in [0.4, 0.5) is 0 Å². The van der Waals surface area contributed by atoms with E-state index in [0.29, 0.717) is 17.6 Å². The van der Waals surface area contributed by atoms with Crippen molar-refractivity contribution < 1.29 is 10.2 Å². The number of benzene rings is 1. The summed E-state index contributed by atoms with van der Waals surface area (Å²) < 4.78 is 0.707. The number of phenols is 1. The molecule has 112 valence electrons. The third-order valence-corrected chi connectivity index (χ3v) is 5.04. The maximum atomic E-state index is 10.5. The van der Waals surface area contributed by atoms with Crippen molar-refractivity contribution >= 4 is 15.9 Å². The second kappa shape index (κ2) is 6.92. The van der Waals surface area contributed by atoms with Crippen LogP contribution in [0.3, 0.4) is 0 Å². The minimum absolute atomic E-state index is 0.255. The van der Waals surface area contributed by atoms with Crippen LogP contribution >= 0.6 is 15.9 Å². The van der Waals surface area contributed by atoms with E-state index in [1.807, 2.05) is 12.1 Å². The largest absolute Gasteiger partial charge is 0.507 e. The summed E-state index contributed by atoms with van der Waals surface area (Å²) in [5.41, 5.74) is 0.556. The van der Waals surface area contributed by atoms with Gasteiger partial charge < -0.3 is 15.5 Å². The summed E-state index contributed by atoms with van der Waals surface area (Å²) in [6.45, 7) is 3.58. The smallest absolute Gasteiger partial charge is 0.129 e. The zero-order valence-corrected chi connectivity index (χ0v) is 13.6. The number of rotatable bonds is 5. The van der Waals surface area contributed by atoms with Crippen LogP contribution in [0.15, 0.2) is 22.7 Å². The van der Waals surface area contributed by atoms with Gasteiger partial charge >= 0.3 is 0 Å². The average molecular weight is 342 g/mol. The van der Waals surface area contributed by atoms with Gasteiger partial charge in [0, 0.05) is 13.1 Å². The molecule has 20 heavy (non-hydrogen) atoms. The summed E-state index contributed by atoms with van der Waals surface area (Å²) in [4.78, 5) is 0. The fourth-order valence-electron chi connectivity index (χ4n) is 2.90. The number of hydrogen-bond donors (Lipinski definition) is 3. The Kier molecular flexibility index (Phi) is 5.47. The van der Waals surface area contributed by atoms with Crippen LogP contribution in [0, 0.1) is 5.92 Å². The van der Waals surface area contributed by atoms with Crippen molar-refractivity contribution in [1.29, 1.82) is 0 Å². The molecule has 1 aromatic rings. The Balaban J connectivity index is 1.79. The first kappa shape index (κ1) is 15.8. The van der Waals surface area contributed by atoms with Crippen LogP contribution in [-0.4, -0.2) is 22.4 Å². The third kappa shape index (κ3) is 4.21. The Labute approximate surface area is 129 Å². The molecule has 0 amide bonds. The zero-order valence-electron chi connectivity index (χ0n) is 12.0. The summed E-state index contributed by atoms with van der Waals surface area (Å²) in [5.74, 6) is 1.05. The van der Waals surface area contributed by atoms with E-state index < -0.39 is 5.60 Å². The molecular weight excluding hydrogens is 318 g/mol. The van der Waals surface area contributed by atoms with E-state index in [9.17, 15) is 10.2 Å². The number of hydrogen-bond acceptors (Lipinski definition) is 3. The van der Waals surface area contributed by atoms with Crippen molar-refractivity contribution in [3.8, 4) is 5.75 Å². The molecule has 1 fully saturated rings. The van der Waals surface area contributed by atoms with E-state index in [2.05, 4.69) is 28.2 Å². The quantitative estimate of drug-likeness (QED) is 0.767. The summed E-state index contributed by atoms with van der Waals surface area (Å²) in [6, 6.07) is 5.48. The average Bonchev–Trinajstić information content (AvgIpc) is 2.44. The minimum atomic E-state index is -0.542. The van der Waals surface area contributed by atoms with Crippen LogP contribution in [0.25, 0.3) is 0 Å². The van der Waals surface area contributed by atoms with Gasteiger partial charge in [0.2, 0.25) is 0 Å². The lowest BCUT2D eigenvalue weighted by molar-refractivity contribution is -0.00881. The predicted octanol–water partition coefficient (Wildman–Crippen LogP) is 3.58. The molecule has 3 nitrogen and oxygen atoms in total. The molecule has 1 saturated carbocycles. The lowest BCUT2D eigenvalue weighted by Crippen LogP contribution is -2.43. The number of nitrogens with one attached hydrogen (secondary N) is 1. The van der Waals surface area contributed by atoms with Gasteiger partial charge in [-0.3, -0.25) is 0 Å². The van der Waals surface area contributed by atoms with Crippen LogP contribution in [0.2, 0.25) is 0 Å². The van der Waals surface area contributed by atoms with Gasteiger partial charge in [-0.05, 0) is 65.2 Å². The molecule has 0 heterocycles. The zero-order chi connectivity index (χ0) is 14.6. The van der Waals surface area contributed by atoms with E-state index in [-0.39, 0.29) is 5.75 Å². The molecule has 0 unspecified atom stereocenters. The number of phenolic OH excluding ortho intramolecular Hbond substituents is 1. The second-order valence-electron chi connectivity index (χ2n) is 5.97. The van der Waals surface area contributed by atoms with Crippen molar-refractivity contribution in [2.24, 2.45) is 5.92 Å². The molecule has 0 atom stereocenters. The SMILES string of the molecule is CCC1CCC(O)(CNCc2ccc(O)c(Br)c2)CC1. The van der Waals surface area contributed by atoms with Crippen LogP contribution in [-0.2, 0) is 6.54 Å². The highest BCUT2D eigenvalue weighted by molar-refractivity contribution is 9.10. The topological polar surface area (TPSA) is 52.5 Å². The minimum Gasteiger partial charge on any atom is -0.507 e. The second-order valence-corrected chi connectivity index (χ2v) is 6.82. The van der Waals surface area contributed by atoms with Crippen molar-refractivity contribution in [1.82, 2.24) is 5.32 Å². The number of aromatic hydroxyl groups is 1. The molecule has 0 saturated heterocycles. The van der Waals surface area contributed by atoms with Gasteiger partial charge in [-0.25, -0.2) is 0 Å². The van der Waals surface area contributed by atoms with Crippen LogP contribution in [0.1, 0.15) is 44.6 Å². The van der Waals surface area contributed by atoms with Gasteiger partial charge in [0.15, 0.2) is 0 Å². The van der Waals surface area contributed by atoms with E-state index in [0.717, 1.165) is 37.2 Å². The Hall–Kier alpha value is -0.580. The van der Waals surface area contributed by atoms with Gasteiger partial charge in [0.05, 0.1) is 10.1 Å². The van der Waals surface area contributed by atoms with Crippen molar-refractivity contribution in [2.75, 3.05) is 6.54 Å². The summed E-state index contributed by atoms with van der Waals surface area (Å²) >= 11 is 3.31. The summed E-state index contributed by atoms with van der Waals surface area (Å²) in [7, 11) is 0. The van der Waals surface area contributed by atoms with E-state index in [1.54, 1.807) is 6.07 Å². The molecule has 0 bridgehead atoms. The monoisotopic (exact) mass is 341 g/mol. The molecule has 1 aromatic carbocycles. The highest BCUT2D eigenvalue weighted by Crippen LogP contribution is 2.33. The van der Waals surface area contributed by atoms with E-state index in [1.165, 1.54) is 6.42 Å². The highest BCUT2D eigenvalue weighted by Gasteiger charge is 2.31. The van der Waals surface area contributed by atoms with Gasteiger partial charge in [0.25, 0.3) is 0 Å². The van der Waals surface area contributed by atoms with Crippen molar-refractivity contribution in [3.63, 3.8) is 0 Å². The number of halogens is 1. The fourth-order valence-corrected chi connectivity index (χ4v) is 3.33. The normalized spacial score (nSPS) is 26.6. The van der Waals surface area contributed by atoms with Crippen LogP contribution < -0.4 is 5.32 Å². The molecule has 1 aliphatic carbocycles. The molecule has 1 aliphatic rings. The van der Waals surface area contributed by atoms with Gasteiger partial charge in [-0.15, -0.1) is 0 Å². The highest BCUT2D eigenvalue weighted by atomic mass is 79.9. The molecule has 0 spiro atoms. The van der Waals surface area contributed by atoms with E-state index >= 15 is 0 Å². The molecule has 0 aliphatic heterocycles. The van der Waals surface area contributed by atoms with E-state index in [4.69, 9.17) is 0 Å². The van der Waals surface area contributed by atoms with Gasteiger partial charge in [0.1, 0.15) is 5.75 Å². The van der Waals surface area contributed by atoms with Crippen molar-refractivity contribution in [2.45, 2.75) is 51.2 Å². The summed E-state index contributed by atoms with van der Waals surface area (Å²) in [5, 5.41) is 23.3. The Morgan fingerprint density at radius 2 is 2.05 bits per heavy atom. The first-order valence-electron chi connectivity index (χ1n) is 7.43. The Morgan fingerprint density at radius 1 is 1.35 bits per heavy atom. The first-order chi connectivity index (χ1) is 9.52. The molecule has 2 rings (SSSR count). The fraction of sp³-hybridized carbons (Fsp3) is 0.625. The third-order valence-electron chi connectivity index (χ3n) is 4.41. The lowest BCUT2D eigenvalue weighted by Gasteiger charge is -2.36. The Bertz CT molecular complexity index is 442. The summed E-state index contributed by atoms with van der Waals surface area (Å²) in [6.07, 6.45) is 5.31. The maximum Gasteiger partial charge on any atom is 0.129 e. The first-order valence-corrected chi connectivity index (χ1v) is 8.22. The van der Waals surface area contributed by atoms with Gasteiger partial charge in [-0.2, -0.15) is 0 Å². The molecule has 3 N–H and O–H groups in total.